The number of hydrogen-bond donors (Lipinski definition) is 2. The summed E-state index contributed by atoms with van der Waals surface area (Å²) >= 11 is 0. The van der Waals surface area contributed by atoms with E-state index in [4.69, 9.17) is 4.74 Å². The van der Waals surface area contributed by atoms with Gasteiger partial charge in [-0.15, -0.1) is 0 Å². The van der Waals surface area contributed by atoms with Gasteiger partial charge in [-0.05, 0) is 45.0 Å². The summed E-state index contributed by atoms with van der Waals surface area (Å²) in [5.41, 5.74) is 3.50. The number of aromatic amines is 1. The molecule has 0 aliphatic rings. The van der Waals surface area contributed by atoms with Crippen molar-refractivity contribution in [3.05, 3.63) is 41.2 Å². The number of hydrogen-bond acceptors (Lipinski definition) is 3. The van der Waals surface area contributed by atoms with E-state index in [1.165, 1.54) is 0 Å². The average Bonchev–Trinajstić information content (AvgIpc) is 2.78. The molecule has 1 aromatic heterocycles. The highest BCUT2D eigenvalue weighted by Gasteiger charge is 2.21. The summed E-state index contributed by atoms with van der Waals surface area (Å²) in [5.74, 6) is 0.455. The summed E-state index contributed by atoms with van der Waals surface area (Å²) in [7, 11) is 1.61. The van der Waals surface area contributed by atoms with Crippen molar-refractivity contribution in [2.45, 2.75) is 26.7 Å². The molecule has 2 aromatic rings. The first-order chi connectivity index (χ1) is 9.52. The highest BCUT2D eigenvalue weighted by Crippen LogP contribution is 2.23. The molecule has 0 aliphatic carbocycles. The lowest BCUT2D eigenvalue weighted by Gasteiger charge is -2.13. The second kappa shape index (κ2) is 5.77. The fourth-order valence-corrected chi connectivity index (χ4v) is 2.25. The van der Waals surface area contributed by atoms with E-state index in [1.54, 1.807) is 7.11 Å². The van der Waals surface area contributed by atoms with Gasteiger partial charge in [-0.25, -0.2) is 0 Å². The molecule has 5 heteroatoms. The van der Waals surface area contributed by atoms with Crippen LogP contribution in [-0.2, 0) is 4.79 Å². The normalized spacial score (nSPS) is 12.0. The van der Waals surface area contributed by atoms with E-state index in [-0.39, 0.29) is 11.8 Å². The van der Waals surface area contributed by atoms with Gasteiger partial charge in [-0.2, -0.15) is 5.10 Å². The van der Waals surface area contributed by atoms with Crippen LogP contribution in [0.1, 0.15) is 29.8 Å². The third-order valence-corrected chi connectivity index (χ3v) is 3.37. The largest absolute Gasteiger partial charge is 0.497 e. The van der Waals surface area contributed by atoms with Crippen molar-refractivity contribution in [1.29, 1.82) is 0 Å². The fraction of sp³-hybridized carbons (Fsp3) is 0.333. The maximum atomic E-state index is 12.3. The maximum Gasteiger partial charge on any atom is 0.231 e. The van der Waals surface area contributed by atoms with Crippen LogP contribution in [-0.4, -0.2) is 23.2 Å². The molecular formula is C15H19N3O2. The van der Waals surface area contributed by atoms with Crippen molar-refractivity contribution < 1.29 is 9.53 Å². The van der Waals surface area contributed by atoms with E-state index in [9.17, 15) is 4.79 Å². The van der Waals surface area contributed by atoms with Crippen molar-refractivity contribution in [3.63, 3.8) is 0 Å². The van der Waals surface area contributed by atoms with Crippen LogP contribution >= 0.6 is 0 Å². The molecule has 2 N–H and O–H groups in total. The Labute approximate surface area is 118 Å². The number of benzene rings is 1. The highest BCUT2D eigenvalue weighted by atomic mass is 16.5. The van der Waals surface area contributed by atoms with Crippen molar-refractivity contribution >= 4 is 11.6 Å². The number of nitrogens with one attached hydrogen (secondary N) is 2. The second-order valence-corrected chi connectivity index (χ2v) is 4.79. The van der Waals surface area contributed by atoms with Gasteiger partial charge in [0.15, 0.2) is 0 Å². The SMILES string of the molecule is COc1ccc(NC(=O)C(C)c2c(C)n[nH]c2C)cc1. The minimum absolute atomic E-state index is 0.0530. The Balaban J connectivity index is 2.11. The quantitative estimate of drug-likeness (QED) is 0.900. The molecule has 1 unspecified atom stereocenters. The summed E-state index contributed by atoms with van der Waals surface area (Å²) in [4.78, 5) is 12.3. The van der Waals surface area contributed by atoms with Crippen molar-refractivity contribution in [2.75, 3.05) is 12.4 Å². The molecule has 0 saturated heterocycles. The number of carbonyl (C=O) groups is 1. The van der Waals surface area contributed by atoms with Crippen LogP contribution in [0.4, 0.5) is 5.69 Å². The molecule has 0 saturated carbocycles. The lowest BCUT2D eigenvalue weighted by Crippen LogP contribution is -2.19. The van der Waals surface area contributed by atoms with E-state index in [2.05, 4.69) is 15.5 Å². The second-order valence-electron chi connectivity index (χ2n) is 4.79. The maximum absolute atomic E-state index is 12.3. The van der Waals surface area contributed by atoms with Crippen LogP contribution in [0.15, 0.2) is 24.3 Å². The van der Waals surface area contributed by atoms with Gasteiger partial charge in [-0.3, -0.25) is 9.89 Å². The van der Waals surface area contributed by atoms with E-state index in [1.807, 2.05) is 45.0 Å². The molecule has 0 bridgehead atoms. The molecule has 1 aromatic carbocycles. The first kappa shape index (κ1) is 14.1. The Morgan fingerprint density at radius 1 is 1.30 bits per heavy atom. The van der Waals surface area contributed by atoms with Crippen LogP contribution in [0.5, 0.6) is 5.75 Å². The van der Waals surface area contributed by atoms with Crippen molar-refractivity contribution in [3.8, 4) is 5.75 Å². The Hall–Kier alpha value is -2.30. The fourth-order valence-electron chi connectivity index (χ4n) is 2.25. The van der Waals surface area contributed by atoms with Crippen LogP contribution in [0.25, 0.3) is 0 Å². The van der Waals surface area contributed by atoms with Crippen LogP contribution < -0.4 is 10.1 Å². The number of anilines is 1. The van der Waals surface area contributed by atoms with Gasteiger partial charge in [-0.1, -0.05) is 0 Å². The number of aryl methyl sites for hydroxylation is 2. The Morgan fingerprint density at radius 3 is 2.45 bits per heavy atom. The van der Waals surface area contributed by atoms with Crippen LogP contribution in [0, 0.1) is 13.8 Å². The van der Waals surface area contributed by atoms with Crippen molar-refractivity contribution in [1.82, 2.24) is 10.2 Å². The standard InChI is InChI=1S/C15H19N3O2/c1-9(14-10(2)17-18-11(14)3)15(19)16-12-5-7-13(20-4)8-6-12/h5-9H,1-4H3,(H,16,19)(H,17,18). The first-order valence-corrected chi connectivity index (χ1v) is 6.49. The predicted octanol–water partition coefficient (Wildman–Crippen LogP) is 2.78. The Kier molecular flexibility index (Phi) is 4.08. The van der Waals surface area contributed by atoms with E-state index >= 15 is 0 Å². The number of methoxy groups -OCH3 is 1. The summed E-state index contributed by atoms with van der Waals surface area (Å²) in [6.45, 7) is 5.70. The Morgan fingerprint density at radius 2 is 1.95 bits per heavy atom. The summed E-state index contributed by atoms with van der Waals surface area (Å²) in [5, 5.41) is 9.93. The number of rotatable bonds is 4. The molecule has 0 aliphatic heterocycles. The zero-order valence-corrected chi connectivity index (χ0v) is 12.2. The van der Waals surface area contributed by atoms with Gasteiger partial charge in [0.1, 0.15) is 5.75 Å². The molecule has 2 rings (SSSR count). The van der Waals surface area contributed by atoms with Gasteiger partial charge >= 0.3 is 0 Å². The first-order valence-electron chi connectivity index (χ1n) is 6.49. The highest BCUT2D eigenvalue weighted by molar-refractivity contribution is 5.95. The van der Waals surface area contributed by atoms with Gasteiger partial charge in [0.05, 0.1) is 18.7 Å². The molecule has 5 nitrogen and oxygen atoms in total. The summed E-state index contributed by atoms with van der Waals surface area (Å²) in [6.07, 6.45) is 0. The van der Waals surface area contributed by atoms with E-state index < -0.39 is 0 Å². The van der Waals surface area contributed by atoms with E-state index in [0.29, 0.717) is 0 Å². The predicted molar refractivity (Wildman–Crippen MR) is 78.1 cm³/mol. The minimum Gasteiger partial charge on any atom is -0.497 e. The zero-order valence-electron chi connectivity index (χ0n) is 12.2. The average molecular weight is 273 g/mol. The summed E-state index contributed by atoms with van der Waals surface area (Å²) < 4.78 is 5.09. The number of amides is 1. The molecule has 1 heterocycles. The number of ether oxygens (including phenoxy) is 1. The number of aromatic nitrogens is 2. The third-order valence-electron chi connectivity index (χ3n) is 3.37. The van der Waals surface area contributed by atoms with Gasteiger partial charge < -0.3 is 10.1 Å². The van der Waals surface area contributed by atoms with Crippen LogP contribution in [0.2, 0.25) is 0 Å². The molecule has 1 amide bonds. The number of carbonyl (C=O) groups excluding carboxylic acids is 1. The third kappa shape index (κ3) is 2.82. The topological polar surface area (TPSA) is 67.0 Å². The van der Waals surface area contributed by atoms with Gasteiger partial charge in [0.25, 0.3) is 0 Å². The smallest absolute Gasteiger partial charge is 0.231 e. The van der Waals surface area contributed by atoms with Crippen molar-refractivity contribution in [2.24, 2.45) is 0 Å². The molecule has 0 radical (unpaired) electrons. The lowest BCUT2D eigenvalue weighted by atomic mass is 9.98. The van der Waals surface area contributed by atoms with Gasteiger partial charge in [0, 0.05) is 16.9 Å². The molecule has 0 fully saturated rings. The molecule has 106 valence electrons. The number of H-pyrrole nitrogens is 1. The van der Waals surface area contributed by atoms with E-state index in [0.717, 1.165) is 28.4 Å². The zero-order chi connectivity index (χ0) is 14.7. The molecular weight excluding hydrogens is 254 g/mol. The number of nitrogens with zero attached hydrogens (tertiary/aromatic N) is 1. The molecule has 20 heavy (non-hydrogen) atoms. The van der Waals surface area contributed by atoms with Gasteiger partial charge in [0.2, 0.25) is 5.91 Å². The molecule has 1 atom stereocenters. The monoisotopic (exact) mass is 273 g/mol. The van der Waals surface area contributed by atoms with Crippen LogP contribution in [0.3, 0.4) is 0 Å². The molecule has 0 spiro atoms. The lowest BCUT2D eigenvalue weighted by molar-refractivity contribution is -0.117. The minimum atomic E-state index is -0.254. The summed E-state index contributed by atoms with van der Waals surface area (Å²) in [6, 6.07) is 7.26. The Bertz CT molecular complexity index is 583.